The highest BCUT2D eigenvalue weighted by atomic mass is 32.2. The molecule has 118 valence electrons. The fourth-order valence-electron chi connectivity index (χ4n) is 2.46. The number of rotatable bonds is 5. The molecule has 1 aliphatic heterocycles. The smallest absolute Gasteiger partial charge is 0.224 e. The Bertz CT molecular complexity index is 596. The first-order chi connectivity index (χ1) is 9.90. The van der Waals surface area contributed by atoms with Gasteiger partial charge in [0.25, 0.3) is 0 Å². The van der Waals surface area contributed by atoms with Crippen LogP contribution in [0.25, 0.3) is 0 Å². The predicted octanol–water partition coefficient (Wildman–Crippen LogP) is 0.191. The Kier molecular flexibility index (Phi) is 5.00. The van der Waals surface area contributed by atoms with Gasteiger partial charge < -0.3 is 5.32 Å². The van der Waals surface area contributed by atoms with E-state index < -0.39 is 10.0 Å². The molecule has 0 saturated carbocycles. The SMILES string of the molecule is CCn1cc(CNC(=O)C2CCCN(S(C)(=O)=O)C2)cn1. The summed E-state index contributed by atoms with van der Waals surface area (Å²) >= 11 is 0. The van der Waals surface area contributed by atoms with Crippen LogP contribution in [-0.4, -0.2) is 47.8 Å². The number of piperidine rings is 1. The predicted molar refractivity (Wildman–Crippen MR) is 78.9 cm³/mol. The highest BCUT2D eigenvalue weighted by Crippen LogP contribution is 2.18. The molecular formula is C13H22N4O3S. The van der Waals surface area contributed by atoms with Gasteiger partial charge in [-0.1, -0.05) is 0 Å². The summed E-state index contributed by atoms with van der Waals surface area (Å²) in [5, 5.41) is 7.01. The summed E-state index contributed by atoms with van der Waals surface area (Å²) in [6.45, 7) is 4.00. The Hall–Kier alpha value is -1.41. The first kappa shape index (κ1) is 16.0. The monoisotopic (exact) mass is 314 g/mol. The number of hydrogen-bond donors (Lipinski definition) is 1. The molecule has 0 radical (unpaired) electrons. The van der Waals surface area contributed by atoms with E-state index in [4.69, 9.17) is 0 Å². The molecule has 0 aromatic carbocycles. The van der Waals surface area contributed by atoms with Crippen LogP contribution in [0, 0.1) is 5.92 Å². The minimum Gasteiger partial charge on any atom is -0.352 e. The zero-order valence-corrected chi connectivity index (χ0v) is 13.3. The Labute approximate surface area is 125 Å². The summed E-state index contributed by atoms with van der Waals surface area (Å²) in [7, 11) is -3.22. The summed E-state index contributed by atoms with van der Waals surface area (Å²) < 4.78 is 26.3. The highest BCUT2D eigenvalue weighted by molar-refractivity contribution is 7.88. The number of carbonyl (C=O) groups excluding carboxylic acids is 1. The number of nitrogens with zero attached hydrogens (tertiary/aromatic N) is 3. The second kappa shape index (κ2) is 6.57. The minimum absolute atomic E-state index is 0.0902. The molecule has 8 heteroatoms. The zero-order chi connectivity index (χ0) is 15.5. The average molecular weight is 314 g/mol. The molecule has 0 aliphatic carbocycles. The maximum absolute atomic E-state index is 12.2. The molecule has 1 aliphatic rings. The third-order valence-corrected chi connectivity index (χ3v) is 4.97. The molecule has 21 heavy (non-hydrogen) atoms. The van der Waals surface area contributed by atoms with Crippen LogP contribution in [0.2, 0.25) is 0 Å². The van der Waals surface area contributed by atoms with Crippen LogP contribution < -0.4 is 5.32 Å². The van der Waals surface area contributed by atoms with Crippen LogP contribution in [-0.2, 0) is 27.9 Å². The number of aryl methyl sites for hydroxylation is 1. The van der Waals surface area contributed by atoms with E-state index in [1.165, 1.54) is 10.6 Å². The maximum atomic E-state index is 12.2. The summed E-state index contributed by atoms with van der Waals surface area (Å²) in [5.74, 6) is -0.359. The summed E-state index contributed by atoms with van der Waals surface area (Å²) in [5.41, 5.74) is 0.945. The number of aromatic nitrogens is 2. The molecule has 1 fully saturated rings. The number of amides is 1. The van der Waals surface area contributed by atoms with Gasteiger partial charge >= 0.3 is 0 Å². The molecule has 2 heterocycles. The van der Waals surface area contributed by atoms with Gasteiger partial charge in [0, 0.05) is 37.9 Å². The average Bonchev–Trinajstić information content (AvgIpc) is 2.92. The topological polar surface area (TPSA) is 84.3 Å². The Balaban J connectivity index is 1.88. The molecule has 7 nitrogen and oxygen atoms in total. The van der Waals surface area contributed by atoms with Gasteiger partial charge in [0.05, 0.1) is 18.4 Å². The van der Waals surface area contributed by atoms with Gasteiger partial charge in [-0.3, -0.25) is 9.48 Å². The Morgan fingerprint density at radius 3 is 2.90 bits per heavy atom. The highest BCUT2D eigenvalue weighted by Gasteiger charge is 2.29. The lowest BCUT2D eigenvalue weighted by atomic mass is 9.99. The van der Waals surface area contributed by atoms with Crippen molar-refractivity contribution in [2.45, 2.75) is 32.9 Å². The van der Waals surface area contributed by atoms with Crippen molar-refractivity contribution < 1.29 is 13.2 Å². The zero-order valence-electron chi connectivity index (χ0n) is 12.4. The summed E-state index contributed by atoms with van der Waals surface area (Å²) in [6, 6.07) is 0. The van der Waals surface area contributed by atoms with Crippen LogP contribution in [0.3, 0.4) is 0 Å². The number of nitrogens with one attached hydrogen (secondary N) is 1. The minimum atomic E-state index is -3.22. The quantitative estimate of drug-likeness (QED) is 0.841. The standard InChI is InChI=1S/C13H22N4O3S/c1-3-16-9-11(8-15-16)7-14-13(18)12-5-4-6-17(10-12)21(2,19)20/h8-9,12H,3-7,10H2,1-2H3,(H,14,18). The van der Waals surface area contributed by atoms with Crippen molar-refractivity contribution >= 4 is 15.9 Å². The van der Waals surface area contributed by atoms with Crippen molar-refractivity contribution in [1.29, 1.82) is 0 Å². The third kappa shape index (κ3) is 4.28. The van der Waals surface area contributed by atoms with Gasteiger partial charge in [-0.2, -0.15) is 5.10 Å². The molecule has 1 aromatic heterocycles. The molecule has 1 amide bonds. The third-order valence-electron chi connectivity index (χ3n) is 3.70. The fourth-order valence-corrected chi connectivity index (χ4v) is 3.37. The number of sulfonamides is 1. The van der Waals surface area contributed by atoms with Gasteiger partial charge in [-0.15, -0.1) is 0 Å². The lowest BCUT2D eigenvalue weighted by molar-refractivity contribution is -0.126. The molecule has 1 N–H and O–H groups in total. The largest absolute Gasteiger partial charge is 0.352 e. The van der Waals surface area contributed by atoms with E-state index in [-0.39, 0.29) is 18.4 Å². The molecule has 0 spiro atoms. The van der Waals surface area contributed by atoms with Crippen molar-refractivity contribution in [3.8, 4) is 0 Å². The van der Waals surface area contributed by atoms with Gasteiger partial charge in [0.15, 0.2) is 0 Å². The van der Waals surface area contributed by atoms with E-state index in [2.05, 4.69) is 10.4 Å². The second-order valence-electron chi connectivity index (χ2n) is 5.38. The number of carbonyl (C=O) groups is 1. The summed E-state index contributed by atoms with van der Waals surface area (Å²) in [4.78, 5) is 12.2. The molecule has 1 atom stereocenters. The molecule has 1 aromatic rings. The molecule has 0 bridgehead atoms. The molecule has 2 rings (SSSR count). The maximum Gasteiger partial charge on any atom is 0.224 e. The van der Waals surface area contributed by atoms with E-state index in [0.29, 0.717) is 13.1 Å². The Morgan fingerprint density at radius 2 is 2.29 bits per heavy atom. The van der Waals surface area contributed by atoms with Crippen LogP contribution in [0.4, 0.5) is 0 Å². The van der Waals surface area contributed by atoms with Gasteiger partial charge in [-0.05, 0) is 19.8 Å². The van der Waals surface area contributed by atoms with Crippen molar-refractivity contribution in [3.63, 3.8) is 0 Å². The number of hydrogen-bond acceptors (Lipinski definition) is 4. The second-order valence-corrected chi connectivity index (χ2v) is 7.36. The first-order valence-corrected chi connectivity index (χ1v) is 8.99. The normalized spacial score (nSPS) is 20.4. The molecular weight excluding hydrogens is 292 g/mol. The van der Waals surface area contributed by atoms with Gasteiger partial charge in [-0.25, -0.2) is 12.7 Å². The van der Waals surface area contributed by atoms with E-state index in [0.717, 1.165) is 24.9 Å². The lowest BCUT2D eigenvalue weighted by Crippen LogP contribution is -2.44. The van der Waals surface area contributed by atoms with Crippen molar-refractivity contribution in [2.24, 2.45) is 5.92 Å². The van der Waals surface area contributed by atoms with E-state index in [1.807, 2.05) is 13.1 Å². The van der Waals surface area contributed by atoms with Gasteiger partial charge in [0.1, 0.15) is 0 Å². The first-order valence-electron chi connectivity index (χ1n) is 7.14. The Morgan fingerprint density at radius 1 is 1.52 bits per heavy atom. The summed E-state index contributed by atoms with van der Waals surface area (Å²) in [6.07, 6.45) is 6.26. The lowest BCUT2D eigenvalue weighted by Gasteiger charge is -2.30. The van der Waals surface area contributed by atoms with Crippen molar-refractivity contribution in [3.05, 3.63) is 18.0 Å². The van der Waals surface area contributed by atoms with Crippen LogP contribution in [0.15, 0.2) is 12.4 Å². The van der Waals surface area contributed by atoms with Gasteiger partial charge in [0.2, 0.25) is 15.9 Å². The molecule has 1 saturated heterocycles. The van der Waals surface area contributed by atoms with Crippen molar-refractivity contribution in [1.82, 2.24) is 19.4 Å². The fraction of sp³-hybridized carbons (Fsp3) is 0.692. The van der Waals surface area contributed by atoms with Crippen LogP contribution in [0.1, 0.15) is 25.3 Å². The van der Waals surface area contributed by atoms with Crippen molar-refractivity contribution in [2.75, 3.05) is 19.3 Å². The van der Waals surface area contributed by atoms with Crippen LogP contribution in [0.5, 0.6) is 0 Å². The van der Waals surface area contributed by atoms with E-state index in [1.54, 1.807) is 10.9 Å². The van der Waals surface area contributed by atoms with E-state index >= 15 is 0 Å². The van der Waals surface area contributed by atoms with Crippen LogP contribution >= 0.6 is 0 Å². The van der Waals surface area contributed by atoms with E-state index in [9.17, 15) is 13.2 Å². The molecule has 1 unspecified atom stereocenters.